The van der Waals surface area contributed by atoms with Crippen molar-refractivity contribution in [2.24, 2.45) is 0 Å². The Bertz CT molecular complexity index is 813. The molecule has 0 radical (unpaired) electrons. The zero-order chi connectivity index (χ0) is 15.7. The minimum Gasteiger partial charge on any atom is -0.507 e. The van der Waals surface area contributed by atoms with Crippen LogP contribution in [0.3, 0.4) is 0 Å². The van der Waals surface area contributed by atoms with Gasteiger partial charge in [-0.3, -0.25) is 5.10 Å². The average Bonchev–Trinajstić information content (AvgIpc) is 2.89. The van der Waals surface area contributed by atoms with E-state index >= 15 is 0 Å². The molecule has 0 bridgehead atoms. The minimum atomic E-state index is 0.0610. The van der Waals surface area contributed by atoms with Gasteiger partial charge in [-0.25, -0.2) is 0 Å². The first-order valence-electron chi connectivity index (χ1n) is 6.57. The third kappa shape index (κ3) is 2.46. The fourth-order valence-electron chi connectivity index (χ4n) is 2.32. The van der Waals surface area contributed by atoms with Crippen LogP contribution in [0, 0.1) is 0 Å². The highest BCUT2D eigenvalue weighted by Gasteiger charge is 2.17. The van der Waals surface area contributed by atoms with Crippen LogP contribution in [0.15, 0.2) is 42.5 Å². The molecule has 22 heavy (non-hydrogen) atoms. The summed E-state index contributed by atoms with van der Waals surface area (Å²) < 4.78 is 5.15. The Morgan fingerprint density at radius 3 is 2.55 bits per heavy atom. The number of phenolic OH excluding ortho intramolecular Hbond substituents is 1. The van der Waals surface area contributed by atoms with Gasteiger partial charge in [0.05, 0.1) is 18.4 Å². The molecule has 0 saturated carbocycles. The predicted molar refractivity (Wildman–Crippen MR) is 87.1 cm³/mol. The molecule has 2 aromatic carbocycles. The molecule has 0 saturated heterocycles. The van der Waals surface area contributed by atoms with Crippen molar-refractivity contribution in [1.82, 2.24) is 10.2 Å². The summed E-state index contributed by atoms with van der Waals surface area (Å²) in [4.78, 5) is 0. The van der Waals surface area contributed by atoms with Gasteiger partial charge in [0.25, 0.3) is 0 Å². The van der Waals surface area contributed by atoms with Gasteiger partial charge in [-0.15, -0.1) is 0 Å². The fraction of sp³-hybridized carbons (Fsp3) is 0.0625. The zero-order valence-electron chi connectivity index (χ0n) is 11.8. The summed E-state index contributed by atoms with van der Waals surface area (Å²) in [5.74, 6) is 1.17. The highest BCUT2D eigenvalue weighted by molar-refractivity contribution is 6.30. The lowest BCUT2D eigenvalue weighted by molar-refractivity contribution is 0.415. The lowest BCUT2D eigenvalue weighted by atomic mass is 10.00. The molecule has 1 heterocycles. The van der Waals surface area contributed by atoms with Gasteiger partial charge < -0.3 is 15.6 Å². The maximum Gasteiger partial charge on any atom is 0.153 e. The van der Waals surface area contributed by atoms with Crippen LogP contribution in [0.1, 0.15) is 0 Å². The van der Waals surface area contributed by atoms with E-state index in [0.29, 0.717) is 22.1 Å². The van der Waals surface area contributed by atoms with Gasteiger partial charge in [0.1, 0.15) is 11.5 Å². The number of anilines is 1. The van der Waals surface area contributed by atoms with Crippen molar-refractivity contribution >= 4 is 17.4 Å². The first-order valence-corrected chi connectivity index (χ1v) is 6.95. The van der Waals surface area contributed by atoms with E-state index in [1.54, 1.807) is 19.2 Å². The molecule has 0 aliphatic rings. The number of ether oxygens (including phenoxy) is 1. The van der Waals surface area contributed by atoms with Crippen molar-refractivity contribution in [3.8, 4) is 33.9 Å². The van der Waals surface area contributed by atoms with Crippen LogP contribution in [-0.2, 0) is 0 Å². The summed E-state index contributed by atoms with van der Waals surface area (Å²) in [5.41, 5.74) is 8.79. The highest BCUT2D eigenvalue weighted by atomic mass is 35.5. The third-order valence-corrected chi connectivity index (χ3v) is 3.64. The number of nitrogens with two attached hydrogens (primary N) is 1. The zero-order valence-corrected chi connectivity index (χ0v) is 12.6. The van der Waals surface area contributed by atoms with Crippen LogP contribution in [-0.4, -0.2) is 22.4 Å². The van der Waals surface area contributed by atoms with Crippen LogP contribution in [0.4, 0.5) is 5.82 Å². The fourth-order valence-corrected chi connectivity index (χ4v) is 2.48. The van der Waals surface area contributed by atoms with Gasteiger partial charge in [-0.05, 0) is 35.9 Å². The van der Waals surface area contributed by atoms with Gasteiger partial charge >= 0.3 is 0 Å². The standard InChI is InChI=1S/C16H14ClN3O2/c1-22-11-5-2-9(3-6-11)14-15(19-20-16(14)18)12-7-4-10(17)8-13(12)21/h2-8,21H,1H3,(H3,18,19,20). The molecule has 3 rings (SSSR count). The van der Waals surface area contributed by atoms with Gasteiger partial charge in [-0.1, -0.05) is 23.7 Å². The number of phenols is 1. The Kier molecular flexibility index (Phi) is 3.65. The molecule has 112 valence electrons. The summed E-state index contributed by atoms with van der Waals surface area (Å²) in [6, 6.07) is 12.3. The van der Waals surface area contributed by atoms with Crippen molar-refractivity contribution < 1.29 is 9.84 Å². The van der Waals surface area contributed by atoms with Gasteiger partial charge in [0.2, 0.25) is 0 Å². The molecule has 1 aromatic heterocycles. The van der Waals surface area contributed by atoms with E-state index in [0.717, 1.165) is 16.9 Å². The van der Waals surface area contributed by atoms with Gasteiger partial charge in [0.15, 0.2) is 5.82 Å². The van der Waals surface area contributed by atoms with E-state index in [9.17, 15) is 5.11 Å². The van der Waals surface area contributed by atoms with Crippen LogP contribution >= 0.6 is 11.6 Å². The smallest absolute Gasteiger partial charge is 0.153 e. The number of hydrogen-bond donors (Lipinski definition) is 3. The second-order valence-electron chi connectivity index (χ2n) is 4.75. The van der Waals surface area contributed by atoms with Crippen molar-refractivity contribution in [2.45, 2.75) is 0 Å². The molecule has 0 aliphatic carbocycles. The molecular weight excluding hydrogens is 302 g/mol. The number of aromatic amines is 1. The van der Waals surface area contributed by atoms with Crippen molar-refractivity contribution in [1.29, 1.82) is 0 Å². The number of halogens is 1. The largest absolute Gasteiger partial charge is 0.507 e. The number of rotatable bonds is 3. The Balaban J connectivity index is 2.14. The number of benzene rings is 2. The number of nitrogens with one attached hydrogen (secondary N) is 1. The van der Waals surface area contributed by atoms with Crippen molar-refractivity contribution in [3.63, 3.8) is 0 Å². The predicted octanol–water partition coefficient (Wildman–Crippen LogP) is 3.69. The maximum atomic E-state index is 10.1. The molecule has 6 heteroatoms. The first kappa shape index (κ1) is 14.3. The van der Waals surface area contributed by atoms with E-state index in [1.165, 1.54) is 6.07 Å². The highest BCUT2D eigenvalue weighted by Crippen LogP contribution is 2.39. The van der Waals surface area contributed by atoms with Gasteiger partial charge in [-0.2, -0.15) is 5.10 Å². The van der Waals surface area contributed by atoms with Crippen molar-refractivity contribution in [2.75, 3.05) is 12.8 Å². The number of nitrogens with zero attached hydrogens (tertiary/aromatic N) is 1. The number of methoxy groups -OCH3 is 1. The maximum absolute atomic E-state index is 10.1. The monoisotopic (exact) mass is 315 g/mol. The molecule has 0 aliphatic heterocycles. The molecule has 0 atom stereocenters. The third-order valence-electron chi connectivity index (χ3n) is 3.40. The second kappa shape index (κ2) is 5.61. The van der Waals surface area contributed by atoms with Crippen LogP contribution < -0.4 is 10.5 Å². The summed E-state index contributed by atoms with van der Waals surface area (Å²) in [7, 11) is 1.61. The first-order chi connectivity index (χ1) is 10.6. The van der Waals surface area contributed by atoms with Crippen LogP contribution in [0.2, 0.25) is 5.02 Å². The van der Waals surface area contributed by atoms with E-state index < -0.39 is 0 Å². The topological polar surface area (TPSA) is 84.2 Å². The molecule has 4 N–H and O–H groups in total. The number of aromatic nitrogens is 2. The quantitative estimate of drug-likeness (QED) is 0.688. The Morgan fingerprint density at radius 2 is 1.91 bits per heavy atom. The van der Waals surface area contributed by atoms with Crippen molar-refractivity contribution in [3.05, 3.63) is 47.5 Å². The Labute approximate surface area is 132 Å². The van der Waals surface area contributed by atoms with E-state index in [1.807, 2.05) is 24.3 Å². The SMILES string of the molecule is COc1ccc(-c2c(N)n[nH]c2-c2ccc(Cl)cc2O)cc1. The number of H-pyrrole nitrogens is 1. The summed E-state index contributed by atoms with van der Waals surface area (Å²) in [6.07, 6.45) is 0. The molecule has 5 nitrogen and oxygen atoms in total. The lowest BCUT2D eigenvalue weighted by Gasteiger charge is -2.08. The van der Waals surface area contributed by atoms with Gasteiger partial charge in [0, 0.05) is 10.6 Å². The molecule has 0 amide bonds. The molecule has 0 unspecified atom stereocenters. The number of aromatic hydroxyl groups is 1. The molecular formula is C16H14ClN3O2. The average molecular weight is 316 g/mol. The number of nitrogen functional groups attached to an aromatic ring is 1. The van der Waals surface area contributed by atoms with E-state index in [-0.39, 0.29) is 5.75 Å². The summed E-state index contributed by atoms with van der Waals surface area (Å²) >= 11 is 5.88. The summed E-state index contributed by atoms with van der Waals surface area (Å²) in [5, 5.41) is 17.5. The molecule has 0 fully saturated rings. The normalized spacial score (nSPS) is 10.6. The Hall–Kier alpha value is -2.66. The number of hydrogen-bond acceptors (Lipinski definition) is 4. The van der Waals surface area contributed by atoms with E-state index in [2.05, 4.69) is 10.2 Å². The summed E-state index contributed by atoms with van der Waals surface area (Å²) in [6.45, 7) is 0. The van der Waals surface area contributed by atoms with Crippen LogP contribution in [0.5, 0.6) is 11.5 Å². The van der Waals surface area contributed by atoms with Crippen LogP contribution in [0.25, 0.3) is 22.4 Å². The second-order valence-corrected chi connectivity index (χ2v) is 5.19. The molecule has 3 aromatic rings. The minimum absolute atomic E-state index is 0.0610. The molecule has 0 spiro atoms. The lowest BCUT2D eigenvalue weighted by Crippen LogP contribution is -1.90. The van der Waals surface area contributed by atoms with E-state index in [4.69, 9.17) is 22.1 Å². The Morgan fingerprint density at radius 1 is 1.18 bits per heavy atom.